The van der Waals surface area contributed by atoms with Crippen LogP contribution >= 0.6 is 11.8 Å². The van der Waals surface area contributed by atoms with Crippen LogP contribution in [0.2, 0.25) is 0 Å². The molecule has 1 aromatic heterocycles. The van der Waals surface area contributed by atoms with E-state index in [0.29, 0.717) is 12.0 Å². The van der Waals surface area contributed by atoms with Crippen LogP contribution in [-0.2, 0) is 6.42 Å². The summed E-state index contributed by atoms with van der Waals surface area (Å²) in [5.74, 6) is 1.79. The summed E-state index contributed by atoms with van der Waals surface area (Å²) < 4.78 is 0. The number of nitrogens with one attached hydrogen (secondary N) is 1. The van der Waals surface area contributed by atoms with E-state index in [0.717, 1.165) is 13.0 Å². The maximum absolute atomic E-state index is 4.12. The Labute approximate surface area is 131 Å². The molecule has 0 radical (unpaired) electrons. The van der Waals surface area contributed by atoms with E-state index in [9.17, 15) is 0 Å². The lowest BCUT2D eigenvalue weighted by Gasteiger charge is -2.25. The van der Waals surface area contributed by atoms with Gasteiger partial charge in [-0.15, -0.1) is 11.8 Å². The number of fused-ring (bicyclic) bond motifs is 1. The van der Waals surface area contributed by atoms with Gasteiger partial charge in [-0.3, -0.25) is 4.98 Å². The third-order valence-electron chi connectivity index (χ3n) is 4.08. The minimum atomic E-state index is 0.503. The van der Waals surface area contributed by atoms with Crippen LogP contribution < -0.4 is 5.32 Å². The van der Waals surface area contributed by atoms with Gasteiger partial charge in [0.25, 0.3) is 0 Å². The summed E-state index contributed by atoms with van der Waals surface area (Å²) in [7, 11) is 0. The van der Waals surface area contributed by atoms with Gasteiger partial charge >= 0.3 is 0 Å². The van der Waals surface area contributed by atoms with Crippen LogP contribution in [0.15, 0.2) is 53.7 Å². The standard InChI is InChI=1S/C18H22N2S/c1-2-9-20-17(12-14-7-10-19-11-8-14)16-13-21-18-6-4-3-5-15(16)18/h3-8,10-11,16-17,20H,2,9,12-13H2,1H3. The molecule has 0 amide bonds. The molecule has 3 heteroatoms. The van der Waals surface area contributed by atoms with Gasteiger partial charge in [0, 0.05) is 35.0 Å². The van der Waals surface area contributed by atoms with E-state index in [2.05, 4.69) is 53.6 Å². The molecule has 1 N–H and O–H groups in total. The maximum atomic E-state index is 4.12. The molecule has 2 atom stereocenters. The average molecular weight is 298 g/mol. The van der Waals surface area contributed by atoms with Crippen molar-refractivity contribution in [1.29, 1.82) is 0 Å². The zero-order chi connectivity index (χ0) is 14.5. The van der Waals surface area contributed by atoms with Crippen LogP contribution in [-0.4, -0.2) is 23.3 Å². The number of thioether (sulfide) groups is 1. The Hall–Kier alpha value is -1.32. The fourth-order valence-electron chi connectivity index (χ4n) is 2.98. The van der Waals surface area contributed by atoms with Gasteiger partial charge in [0.15, 0.2) is 0 Å². The van der Waals surface area contributed by atoms with Gasteiger partial charge in [0.1, 0.15) is 0 Å². The van der Waals surface area contributed by atoms with Gasteiger partial charge in [-0.05, 0) is 48.7 Å². The molecule has 2 aromatic rings. The summed E-state index contributed by atoms with van der Waals surface area (Å²) in [4.78, 5) is 5.58. The molecular weight excluding hydrogens is 276 g/mol. The molecule has 2 unspecified atom stereocenters. The molecule has 0 bridgehead atoms. The molecule has 0 saturated carbocycles. The predicted octanol–water partition coefficient (Wildman–Crippen LogP) is 3.88. The Morgan fingerprint density at radius 3 is 2.86 bits per heavy atom. The largest absolute Gasteiger partial charge is 0.313 e. The molecule has 0 saturated heterocycles. The normalized spacial score (nSPS) is 18.4. The van der Waals surface area contributed by atoms with Crippen LogP contribution in [0.3, 0.4) is 0 Å². The van der Waals surface area contributed by atoms with E-state index in [1.54, 1.807) is 0 Å². The summed E-state index contributed by atoms with van der Waals surface area (Å²) >= 11 is 2.00. The molecule has 0 fully saturated rings. The molecule has 1 aromatic carbocycles. The van der Waals surface area contributed by atoms with Crippen LogP contribution in [0.4, 0.5) is 0 Å². The number of rotatable bonds is 6. The first-order valence-corrected chi connectivity index (χ1v) is 8.71. The van der Waals surface area contributed by atoms with E-state index >= 15 is 0 Å². The van der Waals surface area contributed by atoms with Crippen LogP contribution in [0.25, 0.3) is 0 Å². The van der Waals surface area contributed by atoms with Crippen molar-refractivity contribution >= 4 is 11.8 Å². The Kier molecular flexibility index (Phi) is 4.94. The zero-order valence-electron chi connectivity index (χ0n) is 12.5. The Morgan fingerprint density at radius 2 is 2.05 bits per heavy atom. The quantitative estimate of drug-likeness (QED) is 0.876. The highest BCUT2D eigenvalue weighted by molar-refractivity contribution is 7.99. The van der Waals surface area contributed by atoms with Crippen molar-refractivity contribution in [2.75, 3.05) is 12.3 Å². The highest BCUT2D eigenvalue weighted by atomic mass is 32.2. The van der Waals surface area contributed by atoms with Gasteiger partial charge in [0.05, 0.1) is 0 Å². The van der Waals surface area contributed by atoms with Gasteiger partial charge in [0.2, 0.25) is 0 Å². The van der Waals surface area contributed by atoms with E-state index in [1.165, 1.54) is 28.2 Å². The molecule has 110 valence electrons. The fourth-order valence-corrected chi connectivity index (χ4v) is 4.31. The topological polar surface area (TPSA) is 24.9 Å². The van der Waals surface area contributed by atoms with Gasteiger partial charge in [-0.25, -0.2) is 0 Å². The first-order chi connectivity index (χ1) is 10.4. The minimum Gasteiger partial charge on any atom is -0.313 e. The third-order valence-corrected chi connectivity index (χ3v) is 5.29. The second kappa shape index (κ2) is 7.10. The van der Waals surface area contributed by atoms with E-state index in [-0.39, 0.29) is 0 Å². The maximum Gasteiger partial charge on any atom is 0.0270 e. The molecule has 21 heavy (non-hydrogen) atoms. The lowest BCUT2D eigenvalue weighted by molar-refractivity contribution is 0.451. The lowest BCUT2D eigenvalue weighted by Crippen LogP contribution is -2.37. The second-order valence-electron chi connectivity index (χ2n) is 5.58. The lowest BCUT2D eigenvalue weighted by atomic mass is 9.89. The molecule has 1 aliphatic rings. The smallest absolute Gasteiger partial charge is 0.0270 e. The van der Waals surface area contributed by atoms with Crippen LogP contribution in [0, 0.1) is 0 Å². The highest BCUT2D eigenvalue weighted by Crippen LogP contribution is 2.41. The summed E-state index contributed by atoms with van der Waals surface area (Å²) in [5.41, 5.74) is 2.89. The fraction of sp³-hybridized carbons (Fsp3) is 0.389. The van der Waals surface area contributed by atoms with Crippen molar-refractivity contribution in [3.63, 3.8) is 0 Å². The summed E-state index contributed by atoms with van der Waals surface area (Å²) in [6.45, 7) is 3.31. The Balaban J connectivity index is 1.80. The molecule has 0 aliphatic carbocycles. The minimum absolute atomic E-state index is 0.503. The molecule has 2 heterocycles. The van der Waals surface area contributed by atoms with Crippen molar-refractivity contribution in [2.24, 2.45) is 0 Å². The number of hydrogen-bond donors (Lipinski definition) is 1. The van der Waals surface area contributed by atoms with Gasteiger partial charge in [-0.2, -0.15) is 0 Å². The summed E-state index contributed by atoms with van der Waals surface area (Å²) in [6, 6.07) is 13.6. The van der Waals surface area contributed by atoms with Crippen molar-refractivity contribution in [1.82, 2.24) is 10.3 Å². The van der Waals surface area contributed by atoms with Crippen molar-refractivity contribution in [3.8, 4) is 0 Å². The van der Waals surface area contributed by atoms with Gasteiger partial charge in [-0.1, -0.05) is 25.1 Å². The van der Waals surface area contributed by atoms with E-state index in [4.69, 9.17) is 0 Å². The average Bonchev–Trinajstić information content (AvgIpc) is 2.96. The molecule has 3 rings (SSSR count). The third kappa shape index (κ3) is 3.47. The van der Waals surface area contributed by atoms with Crippen LogP contribution in [0.5, 0.6) is 0 Å². The molecular formula is C18H22N2S. The SMILES string of the molecule is CCCNC(Cc1ccncc1)C1CSc2ccccc21. The molecule has 0 spiro atoms. The van der Waals surface area contributed by atoms with E-state index < -0.39 is 0 Å². The first-order valence-electron chi connectivity index (χ1n) is 7.72. The van der Waals surface area contributed by atoms with Crippen molar-refractivity contribution in [3.05, 3.63) is 59.9 Å². The predicted molar refractivity (Wildman–Crippen MR) is 89.9 cm³/mol. The molecule has 2 nitrogen and oxygen atoms in total. The number of benzene rings is 1. The van der Waals surface area contributed by atoms with E-state index in [1.807, 2.05) is 24.2 Å². The molecule has 1 aliphatic heterocycles. The number of pyridine rings is 1. The Morgan fingerprint density at radius 1 is 1.24 bits per heavy atom. The number of nitrogens with zero attached hydrogens (tertiary/aromatic N) is 1. The van der Waals surface area contributed by atoms with Crippen molar-refractivity contribution in [2.45, 2.75) is 36.6 Å². The number of hydrogen-bond acceptors (Lipinski definition) is 3. The highest BCUT2D eigenvalue weighted by Gasteiger charge is 2.29. The Bertz CT molecular complexity index is 570. The van der Waals surface area contributed by atoms with Gasteiger partial charge < -0.3 is 5.32 Å². The zero-order valence-corrected chi connectivity index (χ0v) is 13.3. The number of aromatic nitrogens is 1. The monoisotopic (exact) mass is 298 g/mol. The van der Waals surface area contributed by atoms with Crippen LogP contribution in [0.1, 0.15) is 30.4 Å². The second-order valence-corrected chi connectivity index (χ2v) is 6.64. The van der Waals surface area contributed by atoms with Crippen molar-refractivity contribution < 1.29 is 0 Å². The first kappa shape index (κ1) is 14.6. The summed E-state index contributed by atoms with van der Waals surface area (Å²) in [6.07, 6.45) is 6.03. The summed E-state index contributed by atoms with van der Waals surface area (Å²) in [5, 5.41) is 3.77.